The first-order chi connectivity index (χ1) is 19.7. The number of rotatable bonds is 9. The average molecular weight is 623 g/mol. The van der Waals surface area contributed by atoms with Gasteiger partial charge >= 0.3 is 0 Å². The minimum atomic E-state index is -3.95. The summed E-state index contributed by atoms with van der Waals surface area (Å²) < 4.78 is 70.2. The topological polar surface area (TPSA) is 82.1 Å². The van der Waals surface area contributed by atoms with E-state index in [4.69, 9.17) is 11.6 Å². The zero-order chi connectivity index (χ0) is 30.4. The molecule has 1 amide bonds. The van der Waals surface area contributed by atoms with Gasteiger partial charge in [0.25, 0.3) is 0 Å². The normalized spacial score (nSPS) is 24.4. The number of aliphatic imine (C=N–C) groups is 1. The monoisotopic (exact) mass is 622 g/mol. The summed E-state index contributed by atoms with van der Waals surface area (Å²) in [4.78, 5) is 19.9. The molecule has 0 aromatic heterocycles. The van der Waals surface area contributed by atoms with Crippen LogP contribution in [-0.2, 0) is 21.4 Å². The second kappa shape index (κ2) is 11.3. The lowest BCUT2D eigenvalue weighted by molar-refractivity contribution is -0.133. The van der Waals surface area contributed by atoms with Gasteiger partial charge in [0.05, 0.1) is 15.5 Å². The summed E-state index contributed by atoms with van der Waals surface area (Å²) in [5.41, 5.74) is 0.179. The second-order valence-electron chi connectivity index (χ2n) is 12.0. The van der Waals surface area contributed by atoms with Crippen LogP contribution in [0.25, 0.3) is 0 Å². The van der Waals surface area contributed by atoms with Crippen molar-refractivity contribution in [3.63, 3.8) is 0 Å². The van der Waals surface area contributed by atoms with Gasteiger partial charge in [-0.15, -0.1) is 0 Å². The van der Waals surface area contributed by atoms with Crippen LogP contribution in [0.15, 0.2) is 70.6 Å². The Morgan fingerprint density at radius 1 is 1.14 bits per heavy atom. The highest BCUT2D eigenvalue weighted by atomic mass is 35.5. The van der Waals surface area contributed by atoms with Gasteiger partial charge in [-0.2, -0.15) is 4.31 Å². The first-order valence-electron chi connectivity index (χ1n) is 13.9. The van der Waals surface area contributed by atoms with Crippen molar-refractivity contribution in [2.75, 3.05) is 19.6 Å². The van der Waals surface area contributed by atoms with E-state index in [-0.39, 0.29) is 60.0 Å². The number of carbonyl (C=O) groups excluding carboxylic acids is 1. The number of amidine groups is 1. The van der Waals surface area contributed by atoms with Gasteiger partial charge in [0.15, 0.2) is 6.04 Å². The Kier molecular flexibility index (Phi) is 8.23. The molecular weight excluding hydrogens is 589 g/mol. The van der Waals surface area contributed by atoms with Crippen LogP contribution in [0.2, 0.25) is 5.02 Å². The lowest BCUT2D eigenvalue weighted by Gasteiger charge is -2.29. The molecule has 1 saturated heterocycles. The number of likely N-dealkylation sites (tertiary alicyclic amines) is 1. The molecule has 1 saturated carbocycles. The molecule has 7 nitrogen and oxygen atoms in total. The second-order valence-corrected chi connectivity index (χ2v) is 14.4. The smallest absolute Gasteiger partial charge is 0.249 e. The molecule has 0 bridgehead atoms. The summed E-state index contributed by atoms with van der Waals surface area (Å²) in [6.07, 6.45) is -0.192. The molecular formula is C30H34ClF3N4O3S. The molecule has 3 atom stereocenters. The molecule has 12 heteroatoms. The highest BCUT2D eigenvalue weighted by molar-refractivity contribution is 7.89. The van der Waals surface area contributed by atoms with Crippen molar-refractivity contribution in [3.8, 4) is 0 Å². The summed E-state index contributed by atoms with van der Waals surface area (Å²) in [6.45, 7) is 8.32. The number of carbonyl (C=O) groups is 1. The third kappa shape index (κ3) is 6.23. The van der Waals surface area contributed by atoms with Crippen molar-refractivity contribution in [2.24, 2.45) is 16.8 Å². The van der Waals surface area contributed by atoms with Crippen LogP contribution in [0.5, 0.6) is 0 Å². The number of alkyl halides is 2. The zero-order valence-corrected chi connectivity index (χ0v) is 25.1. The van der Waals surface area contributed by atoms with E-state index in [1.165, 1.54) is 28.6 Å². The molecule has 2 heterocycles. The Bertz CT molecular complexity index is 1500. The van der Waals surface area contributed by atoms with Gasteiger partial charge in [-0.25, -0.2) is 21.6 Å². The van der Waals surface area contributed by atoms with E-state index < -0.39 is 33.3 Å². The minimum absolute atomic E-state index is 0.0176. The van der Waals surface area contributed by atoms with E-state index in [0.29, 0.717) is 30.1 Å². The molecule has 0 radical (unpaired) electrons. The molecule has 2 aliphatic heterocycles. The van der Waals surface area contributed by atoms with E-state index in [1.807, 2.05) is 13.8 Å². The van der Waals surface area contributed by atoms with Gasteiger partial charge in [0, 0.05) is 39.0 Å². The molecule has 2 aromatic rings. The molecule has 226 valence electrons. The summed E-state index contributed by atoms with van der Waals surface area (Å²) in [5.74, 6) is -3.53. The van der Waals surface area contributed by atoms with Crippen molar-refractivity contribution in [1.29, 1.82) is 0 Å². The maximum absolute atomic E-state index is 14.2. The summed E-state index contributed by atoms with van der Waals surface area (Å²) in [5, 5.41) is 3.20. The number of sulfonamides is 1. The van der Waals surface area contributed by atoms with Gasteiger partial charge in [-0.05, 0) is 67.5 Å². The van der Waals surface area contributed by atoms with Gasteiger partial charge in [-0.3, -0.25) is 9.79 Å². The summed E-state index contributed by atoms with van der Waals surface area (Å²) >= 11 is 5.82. The van der Waals surface area contributed by atoms with Crippen molar-refractivity contribution >= 4 is 33.4 Å². The van der Waals surface area contributed by atoms with Gasteiger partial charge < -0.3 is 10.2 Å². The number of amides is 1. The number of nitrogens with one attached hydrogen (secondary N) is 1. The number of nitrogens with zero attached hydrogens (tertiary/aromatic N) is 3. The van der Waals surface area contributed by atoms with E-state index in [2.05, 4.69) is 16.9 Å². The maximum Gasteiger partial charge on any atom is 0.249 e. The molecule has 2 unspecified atom stereocenters. The quantitative estimate of drug-likeness (QED) is 0.413. The van der Waals surface area contributed by atoms with Crippen LogP contribution in [0.4, 0.5) is 13.2 Å². The highest BCUT2D eigenvalue weighted by Gasteiger charge is 2.53. The third-order valence-electron chi connectivity index (χ3n) is 8.35. The Hall–Kier alpha value is -2.89. The Labute approximate surface area is 249 Å². The van der Waals surface area contributed by atoms with Crippen molar-refractivity contribution in [1.82, 2.24) is 14.5 Å². The Morgan fingerprint density at radius 3 is 2.40 bits per heavy atom. The van der Waals surface area contributed by atoms with Crippen LogP contribution in [-0.4, -0.2) is 66.5 Å². The fourth-order valence-corrected chi connectivity index (χ4v) is 7.66. The first kappa shape index (κ1) is 30.6. The first-order valence-corrected chi connectivity index (χ1v) is 15.7. The minimum Gasteiger partial charge on any atom is -0.363 e. The van der Waals surface area contributed by atoms with Gasteiger partial charge in [-0.1, -0.05) is 42.4 Å². The van der Waals surface area contributed by atoms with Crippen LogP contribution >= 0.6 is 11.6 Å². The predicted octanol–water partition coefficient (Wildman–Crippen LogP) is 5.27. The fourth-order valence-electron chi connectivity index (χ4n) is 6.09. The molecule has 2 fully saturated rings. The number of fused-ring (bicyclic) bond motifs is 1. The SMILES string of the molecule is C=C(CCN(Cc1ccc(Cl)c(F)c1)S(=O)(=O)c1ccccc1)C1=N[C@@H](C(=O)N2CC3CC(F)(F)CC3C2)C(C)(C)N1. The molecule has 1 N–H and O–H groups in total. The zero-order valence-electron chi connectivity index (χ0n) is 23.5. The Balaban J connectivity index is 1.30. The molecule has 2 aromatic carbocycles. The van der Waals surface area contributed by atoms with Gasteiger partial charge in [0.1, 0.15) is 11.7 Å². The highest BCUT2D eigenvalue weighted by Crippen LogP contribution is 2.47. The van der Waals surface area contributed by atoms with E-state index in [1.54, 1.807) is 29.2 Å². The largest absolute Gasteiger partial charge is 0.363 e. The standard InChI is InChI=1S/C30H34ClF3N4O3S/c1-19(27-35-26(29(2,3)36-27)28(39)37-17-21-14-30(33,34)15-22(21)18-37)11-12-38(16-20-9-10-24(31)25(32)13-20)42(40,41)23-7-5-4-6-8-23/h4-10,13,21-22,26H,1,11-12,14-18H2,2-3H3,(H,35,36)/t21?,22?,26-/m0/s1. The molecule has 3 aliphatic rings. The maximum atomic E-state index is 14.2. The average Bonchev–Trinajstić information content (AvgIpc) is 3.55. The molecule has 1 aliphatic carbocycles. The van der Waals surface area contributed by atoms with E-state index >= 15 is 0 Å². The van der Waals surface area contributed by atoms with E-state index in [0.717, 1.165) is 0 Å². The number of benzene rings is 2. The fraction of sp³-hybridized carbons (Fsp3) is 0.467. The predicted molar refractivity (Wildman–Crippen MR) is 155 cm³/mol. The van der Waals surface area contributed by atoms with Crippen LogP contribution in [0, 0.1) is 17.7 Å². The van der Waals surface area contributed by atoms with Crippen molar-refractivity contribution in [2.45, 2.75) is 62.1 Å². The van der Waals surface area contributed by atoms with Crippen molar-refractivity contribution < 1.29 is 26.4 Å². The van der Waals surface area contributed by atoms with E-state index in [9.17, 15) is 26.4 Å². The summed E-state index contributed by atoms with van der Waals surface area (Å²) in [7, 11) is -3.95. The number of hydrogen-bond acceptors (Lipinski definition) is 5. The third-order valence-corrected chi connectivity index (χ3v) is 10.5. The summed E-state index contributed by atoms with van der Waals surface area (Å²) in [6, 6.07) is 11.3. The van der Waals surface area contributed by atoms with Gasteiger partial charge in [0.2, 0.25) is 21.9 Å². The van der Waals surface area contributed by atoms with Crippen LogP contribution in [0.1, 0.15) is 38.7 Å². The van der Waals surface area contributed by atoms with Crippen molar-refractivity contribution in [3.05, 3.63) is 77.1 Å². The lowest BCUT2D eigenvalue weighted by Crippen LogP contribution is -2.52. The van der Waals surface area contributed by atoms with Crippen LogP contribution in [0.3, 0.4) is 0 Å². The molecule has 5 rings (SSSR count). The molecule has 42 heavy (non-hydrogen) atoms. The lowest BCUT2D eigenvalue weighted by atomic mass is 9.95. The number of halogens is 4. The number of hydrogen-bond donors (Lipinski definition) is 1. The Morgan fingerprint density at radius 2 is 1.79 bits per heavy atom. The molecule has 0 spiro atoms. The van der Waals surface area contributed by atoms with Crippen LogP contribution < -0.4 is 5.32 Å².